The maximum atomic E-state index is 12.2. The number of sulfonamides is 1. The van der Waals surface area contributed by atoms with Gasteiger partial charge in [0.1, 0.15) is 0 Å². The first-order valence-electron chi connectivity index (χ1n) is 6.17. The second kappa shape index (κ2) is 6.49. The van der Waals surface area contributed by atoms with Gasteiger partial charge in [-0.25, -0.2) is 8.42 Å². The first-order chi connectivity index (χ1) is 8.40. The van der Waals surface area contributed by atoms with Gasteiger partial charge < -0.3 is 10.5 Å². The average Bonchev–Trinajstić information content (AvgIpc) is 2.36. The van der Waals surface area contributed by atoms with Gasteiger partial charge >= 0.3 is 5.97 Å². The molecule has 106 valence electrons. The summed E-state index contributed by atoms with van der Waals surface area (Å²) < 4.78 is 30.3. The van der Waals surface area contributed by atoms with E-state index in [1.165, 1.54) is 11.4 Å². The molecule has 2 unspecified atom stereocenters. The number of ether oxygens (including phenoxy) is 1. The zero-order chi connectivity index (χ0) is 13.8. The molecule has 7 heteroatoms. The minimum absolute atomic E-state index is 0.0181. The highest BCUT2D eigenvalue weighted by atomic mass is 32.2. The maximum Gasteiger partial charge on any atom is 0.306 e. The number of carbonyl (C=O) groups excluding carboxylic acids is 1. The predicted molar refractivity (Wildman–Crippen MR) is 68.4 cm³/mol. The van der Waals surface area contributed by atoms with Crippen LogP contribution in [-0.4, -0.2) is 50.7 Å². The minimum atomic E-state index is -3.40. The van der Waals surface area contributed by atoms with Gasteiger partial charge in [-0.15, -0.1) is 0 Å². The highest BCUT2D eigenvalue weighted by Gasteiger charge is 2.33. The zero-order valence-electron chi connectivity index (χ0n) is 11.0. The first kappa shape index (κ1) is 15.4. The smallest absolute Gasteiger partial charge is 0.306 e. The lowest BCUT2D eigenvalue weighted by molar-refractivity contribution is -0.140. The molecule has 0 radical (unpaired) electrons. The molecule has 0 aliphatic carbocycles. The van der Waals surface area contributed by atoms with Crippen LogP contribution in [0.15, 0.2) is 0 Å². The van der Waals surface area contributed by atoms with Crippen LogP contribution >= 0.6 is 0 Å². The fourth-order valence-corrected chi connectivity index (χ4v) is 3.91. The molecular weight excluding hydrogens is 256 g/mol. The molecule has 2 atom stereocenters. The number of hydrogen-bond acceptors (Lipinski definition) is 5. The van der Waals surface area contributed by atoms with E-state index < -0.39 is 16.0 Å². The number of nitrogens with two attached hydrogens (primary N) is 1. The number of hydrogen-bond donors (Lipinski definition) is 1. The molecule has 0 amide bonds. The van der Waals surface area contributed by atoms with Gasteiger partial charge in [0.2, 0.25) is 10.0 Å². The van der Waals surface area contributed by atoms with Crippen LogP contribution in [0, 0.1) is 5.92 Å². The molecular formula is C11H22N2O4S. The van der Waals surface area contributed by atoms with Crippen molar-refractivity contribution in [2.24, 2.45) is 11.7 Å². The van der Waals surface area contributed by atoms with Gasteiger partial charge in [-0.2, -0.15) is 4.31 Å². The van der Waals surface area contributed by atoms with Gasteiger partial charge in [0.25, 0.3) is 0 Å². The first-order valence-corrected chi connectivity index (χ1v) is 7.78. The minimum Gasteiger partial charge on any atom is -0.469 e. The molecule has 1 saturated heterocycles. The van der Waals surface area contributed by atoms with Crippen molar-refractivity contribution in [3.8, 4) is 0 Å². The summed E-state index contributed by atoms with van der Waals surface area (Å²) in [4.78, 5) is 11.0. The SMILES string of the molecule is COC(=O)CCS(=O)(=O)N1CC(CN)CCC1C. The standard InChI is InChI=1S/C11H22N2O4S/c1-9-3-4-10(7-12)8-13(9)18(15,16)6-5-11(14)17-2/h9-10H,3-8,12H2,1-2H3. The molecule has 1 rings (SSSR count). The van der Waals surface area contributed by atoms with E-state index >= 15 is 0 Å². The lowest BCUT2D eigenvalue weighted by atomic mass is 9.96. The number of esters is 1. The number of methoxy groups -OCH3 is 1. The Morgan fingerprint density at radius 3 is 2.67 bits per heavy atom. The molecule has 0 spiro atoms. The fourth-order valence-electron chi connectivity index (χ4n) is 2.16. The van der Waals surface area contributed by atoms with Crippen LogP contribution in [0.1, 0.15) is 26.2 Å². The van der Waals surface area contributed by atoms with Gasteiger partial charge in [0.05, 0.1) is 19.3 Å². The molecule has 0 aromatic heterocycles. The van der Waals surface area contributed by atoms with Crippen LogP contribution < -0.4 is 5.73 Å². The average molecular weight is 278 g/mol. The van der Waals surface area contributed by atoms with Crippen molar-refractivity contribution in [1.29, 1.82) is 0 Å². The molecule has 0 saturated carbocycles. The maximum absolute atomic E-state index is 12.2. The third-order valence-electron chi connectivity index (χ3n) is 3.40. The Labute approximate surface area is 109 Å². The second-order valence-electron chi connectivity index (χ2n) is 4.74. The van der Waals surface area contributed by atoms with Crippen molar-refractivity contribution in [2.75, 3.05) is 26.0 Å². The fraction of sp³-hybridized carbons (Fsp3) is 0.909. The molecule has 1 aliphatic rings. The summed E-state index contributed by atoms with van der Waals surface area (Å²) in [5, 5.41) is 0. The molecule has 0 aromatic carbocycles. The summed E-state index contributed by atoms with van der Waals surface area (Å²) in [6.07, 6.45) is 1.68. The summed E-state index contributed by atoms with van der Waals surface area (Å²) in [5.41, 5.74) is 5.60. The number of piperidine rings is 1. The van der Waals surface area contributed by atoms with Crippen molar-refractivity contribution in [3.05, 3.63) is 0 Å². The molecule has 18 heavy (non-hydrogen) atoms. The molecule has 1 heterocycles. The van der Waals surface area contributed by atoms with E-state index in [1.54, 1.807) is 0 Å². The molecule has 0 aromatic rings. The summed E-state index contributed by atoms with van der Waals surface area (Å²) in [6, 6.07) is -0.0181. The Hall–Kier alpha value is -0.660. The number of nitrogens with zero attached hydrogens (tertiary/aromatic N) is 1. The van der Waals surface area contributed by atoms with Crippen LogP contribution in [0.2, 0.25) is 0 Å². The van der Waals surface area contributed by atoms with Crippen molar-refractivity contribution in [2.45, 2.75) is 32.2 Å². The number of carbonyl (C=O) groups is 1. The van der Waals surface area contributed by atoms with Crippen LogP contribution in [0.5, 0.6) is 0 Å². The Balaban J connectivity index is 2.67. The second-order valence-corrected chi connectivity index (χ2v) is 6.78. The molecule has 6 nitrogen and oxygen atoms in total. The molecule has 0 bridgehead atoms. The van der Waals surface area contributed by atoms with Gasteiger partial charge in [-0.05, 0) is 32.2 Å². The van der Waals surface area contributed by atoms with E-state index in [1.807, 2.05) is 6.92 Å². The monoisotopic (exact) mass is 278 g/mol. The van der Waals surface area contributed by atoms with Gasteiger partial charge in [-0.1, -0.05) is 0 Å². The molecule has 1 aliphatic heterocycles. The Morgan fingerprint density at radius 2 is 2.11 bits per heavy atom. The van der Waals surface area contributed by atoms with E-state index in [0.29, 0.717) is 13.1 Å². The lowest BCUT2D eigenvalue weighted by Crippen LogP contribution is -2.48. The van der Waals surface area contributed by atoms with Crippen molar-refractivity contribution in [3.63, 3.8) is 0 Å². The van der Waals surface area contributed by atoms with Crippen LogP contribution in [0.25, 0.3) is 0 Å². The quantitative estimate of drug-likeness (QED) is 0.711. The third-order valence-corrected chi connectivity index (χ3v) is 5.35. The largest absolute Gasteiger partial charge is 0.469 e. The van der Waals surface area contributed by atoms with E-state index in [9.17, 15) is 13.2 Å². The summed E-state index contributed by atoms with van der Waals surface area (Å²) in [6.45, 7) is 2.85. The Bertz CT molecular complexity index is 383. The van der Waals surface area contributed by atoms with E-state index in [-0.39, 0.29) is 24.1 Å². The normalized spacial score (nSPS) is 25.9. The third kappa shape index (κ3) is 3.93. The Kier molecular flexibility index (Phi) is 5.55. The number of rotatable bonds is 5. The van der Waals surface area contributed by atoms with Crippen molar-refractivity contribution in [1.82, 2.24) is 4.31 Å². The van der Waals surface area contributed by atoms with Gasteiger partial charge in [-0.3, -0.25) is 4.79 Å². The molecule has 1 fully saturated rings. The highest BCUT2D eigenvalue weighted by Crippen LogP contribution is 2.24. The molecule has 2 N–H and O–H groups in total. The Morgan fingerprint density at radius 1 is 1.44 bits per heavy atom. The summed E-state index contributed by atoms with van der Waals surface area (Å²) in [5.74, 6) is -0.478. The predicted octanol–water partition coefficient (Wildman–Crippen LogP) is -0.0615. The van der Waals surface area contributed by atoms with Crippen molar-refractivity contribution < 1.29 is 17.9 Å². The van der Waals surface area contributed by atoms with Crippen LogP contribution in [0.4, 0.5) is 0 Å². The highest BCUT2D eigenvalue weighted by molar-refractivity contribution is 7.89. The van der Waals surface area contributed by atoms with Gasteiger partial charge in [0, 0.05) is 12.6 Å². The van der Waals surface area contributed by atoms with Crippen molar-refractivity contribution >= 4 is 16.0 Å². The lowest BCUT2D eigenvalue weighted by Gasteiger charge is -2.36. The summed E-state index contributed by atoms with van der Waals surface area (Å²) >= 11 is 0. The van der Waals surface area contributed by atoms with E-state index in [4.69, 9.17) is 5.73 Å². The summed E-state index contributed by atoms with van der Waals surface area (Å²) in [7, 11) is -2.15. The topological polar surface area (TPSA) is 89.7 Å². The van der Waals surface area contributed by atoms with E-state index in [0.717, 1.165) is 12.8 Å². The van der Waals surface area contributed by atoms with Crippen LogP contribution in [-0.2, 0) is 19.6 Å². The van der Waals surface area contributed by atoms with Crippen LogP contribution in [0.3, 0.4) is 0 Å². The van der Waals surface area contributed by atoms with Gasteiger partial charge in [0.15, 0.2) is 0 Å². The van der Waals surface area contributed by atoms with E-state index in [2.05, 4.69) is 4.74 Å². The zero-order valence-corrected chi connectivity index (χ0v) is 11.8.